The molecule has 5 nitrogen and oxygen atoms in total. The fraction of sp³-hybridized carbons (Fsp3) is 0.333. The van der Waals surface area contributed by atoms with Gasteiger partial charge >= 0.3 is 5.97 Å². The number of nitrogens with two attached hydrogens (primary N) is 1. The van der Waals surface area contributed by atoms with Crippen LogP contribution in [0.25, 0.3) is 11.3 Å². The zero-order chi connectivity index (χ0) is 14.8. The highest BCUT2D eigenvalue weighted by Crippen LogP contribution is 2.20. The molecule has 0 fully saturated rings. The van der Waals surface area contributed by atoms with E-state index in [0.717, 1.165) is 11.3 Å². The van der Waals surface area contributed by atoms with Crippen LogP contribution in [-0.4, -0.2) is 15.7 Å². The van der Waals surface area contributed by atoms with Crippen molar-refractivity contribution < 1.29 is 9.63 Å². The molecule has 1 aromatic carbocycles. The molecule has 106 valence electrons. The third-order valence-corrected chi connectivity index (χ3v) is 2.65. The van der Waals surface area contributed by atoms with Crippen molar-refractivity contribution in [2.75, 3.05) is 5.73 Å². The first-order valence-corrected chi connectivity index (χ1v) is 6.44. The van der Waals surface area contributed by atoms with Crippen LogP contribution in [0.4, 0.5) is 5.69 Å². The molecule has 0 amide bonds. The molecule has 0 saturated carbocycles. The second-order valence-corrected chi connectivity index (χ2v) is 5.94. The summed E-state index contributed by atoms with van der Waals surface area (Å²) in [5, 5.41) is 0. The van der Waals surface area contributed by atoms with Crippen LogP contribution in [0, 0.1) is 5.41 Å². The smallest absolute Gasteiger partial charge is 0.333 e. The van der Waals surface area contributed by atoms with E-state index in [9.17, 15) is 4.79 Å². The Morgan fingerprint density at radius 2 is 1.95 bits per heavy atom. The van der Waals surface area contributed by atoms with Crippen LogP contribution < -0.4 is 10.6 Å². The van der Waals surface area contributed by atoms with E-state index in [4.69, 9.17) is 10.6 Å². The number of imidazole rings is 1. The third-order valence-electron chi connectivity index (χ3n) is 2.65. The van der Waals surface area contributed by atoms with E-state index in [1.807, 2.05) is 32.9 Å². The summed E-state index contributed by atoms with van der Waals surface area (Å²) in [4.78, 5) is 21.1. The quantitative estimate of drug-likeness (QED) is 0.872. The van der Waals surface area contributed by atoms with Crippen molar-refractivity contribution >= 4 is 11.7 Å². The molecule has 20 heavy (non-hydrogen) atoms. The lowest BCUT2D eigenvalue weighted by Crippen LogP contribution is -2.23. The van der Waals surface area contributed by atoms with Gasteiger partial charge in [0.15, 0.2) is 0 Å². The first-order chi connectivity index (χ1) is 9.33. The van der Waals surface area contributed by atoms with Crippen LogP contribution in [-0.2, 0) is 4.79 Å². The first kappa shape index (κ1) is 14.1. The van der Waals surface area contributed by atoms with Gasteiger partial charge in [0.2, 0.25) is 0 Å². The number of anilines is 1. The molecule has 0 aliphatic carbocycles. The Balaban J connectivity index is 2.06. The molecule has 0 aliphatic heterocycles. The maximum atomic E-state index is 11.7. The van der Waals surface area contributed by atoms with Crippen molar-refractivity contribution in [1.82, 2.24) is 9.71 Å². The highest BCUT2D eigenvalue weighted by Gasteiger charge is 2.18. The number of aromatic nitrogens is 2. The molecule has 5 heteroatoms. The zero-order valence-corrected chi connectivity index (χ0v) is 12.0. The summed E-state index contributed by atoms with van der Waals surface area (Å²) >= 11 is 0. The number of benzene rings is 1. The summed E-state index contributed by atoms with van der Waals surface area (Å²) in [5.41, 5.74) is 7.89. The molecule has 0 aliphatic rings. The predicted octanol–water partition coefficient (Wildman–Crippen LogP) is 2.52. The van der Waals surface area contributed by atoms with Gasteiger partial charge in [-0.15, -0.1) is 0 Å². The Labute approximate surface area is 118 Å². The molecular weight excluding hydrogens is 254 g/mol. The van der Waals surface area contributed by atoms with Crippen molar-refractivity contribution in [2.24, 2.45) is 5.41 Å². The molecule has 0 radical (unpaired) electrons. The Morgan fingerprint density at radius 3 is 2.55 bits per heavy atom. The number of carbonyl (C=O) groups excluding carboxylic acids is 1. The molecule has 0 saturated heterocycles. The fourth-order valence-corrected chi connectivity index (χ4v) is 1.74. The van der Waals surface area contributed by atoms with E-state index in [1.54, 1.807) is 18.3 Å². The summed E-state index contributed by atoms with van der Waals surface area (Å²) < 4.78 is 1.33. The minimum atomic E-state index is -0.279. The normalized spacial score (nSPS) is 11.3. The van der Waals surface area contributed by atoms with E-state index in [2.05, 4.69) is 4.98 Å². The van der Waals surface area contributed by atoms with Crippen molar-refractivity contribution in [1.29, 1.82) is 0 Å². The van der Waals surface area contributed by atoms with Crippen molar-refractivity contribution in [3.05, 3.63) is 36.8 Å². The molecule has 1 heterocycles. The van der Waals surface area contributed by atoms with Crippen LogP contribution >= 0.6 is 0 Å². The molecule has 0 unspecified atom stereocenters. The summed E-state index contributed by atoms with van der Waals surface area (Å²) in [6, 6.07) is 7.36. The number of nitrogen functional groups attached to an aromatic ring is 1. The van der Waals surface area contributed by atoms with Crippen molar-refractivity contribution in [3.8, 4) is 11.3 Å². The van der Waals surface area contributed by atoms with Gasteiger partial charge in [0, 0.05) is 11.3 Å². The number of rotatable bonds is 3. The van der Waals surface area contributed by atoms with Gasteiger partial charge in [-0.2, -0.15) is 4.73 Å². The van der Waals surface area contributed by atoms with Gasteiger partial charge in [0.25, 0.3) is 0 Å². The molecule has 2 N–H and O–H groups in total. The SMILES string of the molecule is CC(C)(C)CC(=O)On1cnc(-c2ccc(N)cc2)c1. The maximum absolute atomic E-state index is 11.7. The predicted molar refractivity (Wildman–Crippen MR) is 77.7 cm³/mol. The fourth-order valence-electron chi connectivity index (χ4n) is 1.74. The second kappa shape index (κ2) is 5.36. The molecule has 0 spiro atoms. The highest BCUT2D eigenvalue weighted by molar-refractivity contribution is 5.70. The van der Waals surface area contributed by atoms with E-state index >= 15 is 0 Å². The Hall–Kier alpha value is -2.30. The van der Waals surface area contributed by atoms with Crippen LogP contribution in [0.3, 0.4) is 0 Å². The Morgan fingerprint density at radius 1 is 1.30 bits per heavy atom. The molecular formula is C15H19N3O2. The largest absolute Gasteiger partial charge is 0.399 e. The van der Waals surface area contributed by atoms with Crippen molar-refractivity contribution in [3.63, 3.8) is 0 Å². The summed E-state index contributed by atoms with van der Waals surface area (Å²) in [6.45, 7) is 5.96. The lowest BCUT2D eigenvalue weighted by Gasteiger charge is -2.16. The average Bonchev–Trinajstić information content (AvgIpc) is 2.75. The number of carbonyl (C=O) groups is 1. The van der Waals surface area contributed by atoms with Crippen LogP contribution in [0.15, 0.2) is 36.8 Å². The molecule has 0 bridgehead atoms. The van der Waals surface area contributed by atoms with Gasteiger partial charge in [0.1, 0.15) is 6.33 Å². The second-order valence-electron chi connectivity index (χ2n) is 5.94. The lowest BCUT2D eigenvalue weighted by atomic mass is 9.93. The zero-order valence-electron chi connectivity index (χ0n) is 12.0. The van der Waals surface area contributed by atoms with Gasteiger partial charge in [-0.1, -0.05) is 32.9 Å². The van der Waals surface area contributed by atoms with Gasteiger partial charge in [-0.05, 0) is 17.5 Å². The van der Waals surface area contributed by atoms with Crippen molar-refractivity contribution in [2.45, 2.75) is 27.2 Å². The number of nitrogens with zero attached hydrogens (tertiary/aromatic N) is 2. The van der Waals surface area contributed by atoms with E-state index in [-0.39, 0.29) is 11.4 Å². The summed E-state index contributed by atoms with van der Waals surface area (Å²) in [6.07, 6.45) is 3.50. The van der Waals surface area contributed by atoms with Crippen LogP contribution in [0.1, 0.15) is 27.2 Å². The Bertz CT molecular complexity index is 594. The number of hydrogen-bond acceptors (Lipinski definition) is 4. The van der Waals surface area contributed by atoms with E-state index < -0.39 is 0 Å². The van der Waals surface area contributed by atoms with E-state index in [0.29, 0.717) is 12.1 Å². The Kier molecular flexibility index (Phi) is 3.79. The number of hydrogen-bond donors (Lipinski definition) is 1. The molecule has 1 aromatic heterocycles. The van der Waals surface area contributed by atoms with Crippen LogP contribution in [0.5, 0.6) is 0 Å². The minimum absolute atomic E-state index is 0.0998. The minimum Gasteiger partial charge on any atom is -0.399 e. The maximum Gasteiger partial charge on any atom is 0.333 e. The lowest BCUT2D eigenvalue weighted by molar-refractivity contribution is -0.146. The molecule has 2 rings (SSSR count). The monoisotopic (exact) mass is 273 g/mol. The van der Waals surface area contributed by atoms with Crippen LogP contribution in [0.2, 0.25) is 0 Å². The van der Waals surface area contributed by atoms with Gasteiger partial charge in [0.05, 0.1) is 18.3 Å². The van der Waals surface area contributed by atoms with Gasteiger partial charge < -0.3 is 10.6 Å². The molecule has 0 atom stereocenters. The van der Waals surface area contributed by atoms with Gasteiger partial charge in [-0.25, -0.2) is 9.78 Å². The average molecular weight is 273 g/mol. The summed E-state index contributed by atoms with van der Waals surface area (Å²) in [7, 11) is 0. The standard InChI is InChI=1S/C15H19N3O2/c1-15(2,3)8-14(19)20-18-9-13(17-10-18)11-4-6-12(16)7-5-11/h4-7,9-10H,8,16H2,1-3H3. The highest BCUT2D eigenvalue weighted by atomic mass is 16.7. The first-order valence-electron chi connectivity index (χ1n) is 6.44. The van der Waals surface area contributed by atoms with E-state index in [1.165, 1.54) is 11.1 Å². The summed E-state index contributed by atoms with van der Waals surface area (Å²) in [5.74, 6) is -0.279. The molecule has 2 aromatic rings. The third kappa shape index (κ3) is 3.85. The van der Waals surface area contributed by atoms with Gasteiger partial charge in [-0.3, -0.25) is 0 Å². The topological polar surface area (TPSA) is 70.1 Å².